The third kappa shape index (κ3) is 5.45. The fourth-order valence-electron chi connectivity index (χ4n) is 3.61. The van der Waals surface area contributed by atoms with Gasteiger partial charge >= 0.3 is 0 Å². The monoisotopic (exact) mass is 483 g/mol. The van der Waals surface area contributed by atoms with Gasteiger partial charge in [0.05, 0.1) is 24.6 Å². The predicted molar refractivity (Wildman–Crippen MR) is 124 cm³/mol. The van der Waals surface area contributed by atoms with Crippen molar-refractivity contribution in [2.24, 2.45) is 0 Å². The minimum absolute atomic E-state index is 0.0169. The molecule has 1 fully saturated rings. The molecule has 33 heavy (non-hydrogen) atoms. The molecule has 4 rings (SSSR count). The van der Waals surface area contributed by atoms with Crippen molar-refractivity contribution in [3.63, 3.8) is 0 Å². The second kappa shape index (κ2) is 10.7. The molecule has 0 aliphatic carbocycles. The highest BCUT2D eigenvalue weighted by Crippen LogP contribution is 2.25. The lowest BCUT2D eigenvalue weighted by Gasteiger charge is -2.37. The first-order chi connectivity index (χ1) is 16.1. The molecule has 0 spiro atoms. The van der Waals surface area contributed by atoms with E-state index in [2.05, 4.69) is 26.5 Å². The average Bonchev–Trinajstić information content (AvgIpc) is 3.33. The highest BCUT2D eigenvalue weighted by molar-refractivity contribution is 7.99. The van der Waals surface area contributed by atoms with Gasteiger partial charge in [-0.2, -0.15) is 9.94 Å². The Morgan fingerprint density at radius 2 is 1.85 bits per heavy atom. The number of amides is 1. The molecule has 0 N–H and O–H groups in total. The van der Waals surface area contributed by atoms with Gasteiger partial charge in [-0.3, -0.25) is 9.69 Å². The zero-order chi connectivity index (χ0) is 23.2. The van der Waals surface area contributed by atoms with Crippen LogP contribution < -0.4 is 4.74 Å². The summed E-state index contributed by atoms with van der Waals surface area (Å²) >= 11 is 7.24. The lowest BCUT2D eigenvalue weighted by Crippen LogP contribution is -2.50. The number of hydrogen-bond donors (Lipinski definition) is 0. The zero-order valence-corrected chi connectivity index (χ0v) is 19.5. The number of ether oxygens (including phenoxy) is 1. The number of nitriles is 1. The smallest absolute Gasteiger partial charge is 0.233 e. The Hall–Kier alpha value is -3.13. The molecular formula is C22H22ClN7O2S. The normalized spacial score (nSPS) is 15.1. The lowest BCUT2D eigenvalue weighted by molar-refractivity contribution is -0.130. The van der Waals surface area contributed by atoms with E-state index in [1.165, 1.54) is 11.8 Å². The molecule has 1 aliphatic heterocycles. The summed E-state index contributed by atoms with van der Waals surface area (Å²) in [6.45, 7) is 2.39. The Labute approximate surface area is 200 Å². The number of hydrogen-bond acceptors (Lipinski definition) is 8. The first-order valence-corrected chi connectivity index (χ1v) is 11.7. The van der Waals surface area contributed by atoms with Crippen LogP contribution in [0.4, 0.5) is 0 Å². The number of thioether (sulfide) groups is 1. The summed E-state index contributed by atoms with van der Waals surface area (Å²) in [6.07, 6.45) is 0. The van der Waals surface area contributed by atoms with Crippen LogP contribution in [-0.2, 0) is 4.79 Å². The highest BCUT2D eigenvalue weighted by atomic mass is 35.5. The van der Waals surface area contributed by atoms with E-state index >= 15 is 0 Å². The summed E-state index contributed by atoms with van der Waals surface area (Å²) in [5.74, 6) is 1.00. The lowest BCUT2D eigenvalue weighted by atomic mass is 10.1. The summed E-state index contributed by atoms with van der Waals surface area (Å²) in [4.78, 5) is 16.7. The Morgan fingerprint density at radius 1 is 1.15 bits per heavy atom. The van der Waals surface area contributed by atoms with E-state index in [-0.39, 0.29) is 17.7 Å². The molecule has 11 heteroatoms. The molecule has 1 aliphatic rings. The van der Waals surface area contributed by atoms with E-state index in [4.69, 9.17) is 16.3 Å². The number of nitrogens with zero attached hydrogens (tertiary/aromatic N) is 7. The van der Waals surface area contributed by atoms with Crippen LogP contribution in [0.5, 0.6) is 5.75 Å². The number of carbonyl (C=O) groups is 1. The Kier molecular flexibility index (Phi) is 7.44. The van der Waals surface area contributed by atoms with Crippen LogP contribution >= 0.6 is 23.4 Å². The van der Waals surface area contributed by atoms with Crippen molar-refractivity contribution in [2.45, 2.75) is 11.2 Å². The Bertz CT molecular complexity index is 1120. The number of methoxy groups -OCH3 is 1. The quantitative estimate of drug-likeness (QED) is 0.473. The van der Waals surface area contributed by atoms with Gasteiger partial charge in [0, 0.05) is 31.2 Å². The van der Waals surface area contributed by atoms with Crippen molar-refractivity contribution in [3.8, 4) is 17.5 Å². The fraction of sp³-hybridized carbons (Fsp3) is 0.318. The molecule has 0 bridgehead atoms. The van der Waals surface area contributed by atoms with Gasteiger partial charge in [-0.05, 0) is 52.4 Å². The molecule has 2 aromatic carbocycles. The van der Waals surface area contributed by atoms with Gasteiger partial charge in [-0.25, -0.2) is 0 Å². The van der Waals surface area contributed by atoms with Gasteiger partial charge in [0.2, 0.25) is 11.1 Å². The maximum atomic E-state index is 12.8. The summed E-state index contributed by atoms with van der Waals surface area (Å²) < 4.78 is 6.78. The van der Waals surface area contributed by atoms with Gasteiger partial charge in [-0.15, -0.1) is 5.10 Å². The Morgan fingerprint density at radius 3 is 2.48 bits per heavy atom. The molecule has 1 atom stereocenters. The van der Waals surface area contributed by atoms with Crippen LogP contribution in [0.1, 0.15) is 11.6 Å². The van der Waals surface area contributed by atoms with E-state index in [0.717, 1.165) is 17.0 Å². The van der Waals surface area contributed by atoms with Crippen LogP contribution in [-0.4, -0.2) is 75.0 Å². The molecular weight excluding hydrogens is 462 g/mol. The number of benzene rings is 2. The zero-order valence-electron chi connectivity index (χ0n) is 18.0. The van der Waals surface area contributed by atoms with Gasteiger partial charge in [0.1, 0.15) is 11.8 Å². The van der Waals surface area contributed by atoms with Crippen LogP contribution in [0, 0.1) is 11.3 Å². The van der Waals surface area contributed by atoms with Gasteiger partial charge in [0.25, 0.3) is 0 Å². The molecule has 170 valence electrons. The summed E-state index contributed by atoms with van der Waals surface area (Å²) in [6, 6.07) is 16.7. The van der Waals surface area contributed by atoms with Crippen molar-refractivity contribution in [2.75, 3.05) is 39.0 Å². The van der Waals surface area contributed by atoms with Crippen LogP contribution in [0.25, 0.3) is 5.69 Å². The van der Waals surface area contributed by atoms with Gasteiger partial charge in [0.15, 0.2) is 0 Å². The Balaban J connectivity index is 1.31. The third-order valence-corrected chi connectivity index (χ3v) is 6.58. The maximum absolute atomic E-state index is 12.8. The van der Waals surface area contributed by atoms with Crippen LogP contribution in [0.2, 0.25) is 5.02 Å². The number of rotatable bonds is 7. The standard InChI is InChI=1S/C22H22ClN7O2S/c1-32-19-8-2-16(3-9-19)20(14-24)28-10-12-29(13-11-28)21(31)15-33-22-25-26-27-30(22)18-6-4-17(23)5-7-18/h2-9,20H,10-13,15H2,1H3/t20-/m1/s1. The number of halogens is 1. The average molecular weight is 484 g/mol. The molecule has 1 saturated heterocycles. The van der Waals surface area contributed by atoms with Crippen LogP contribution in [0.15, 0.2) is 53.7 Å². The van der Waals surface area contributed by atoms with Crippen molar-refractivity contribution in [1.82, 2.24) is 30.0 Å². The topological polar surface area (TPSA) is 100 Å². The number of aromatic nitrogens is 4. The van der Waals surface area contributed by atoms with Crippen molar-refractivity contribution >= 4 is 29.3 Å². The molecule has 2 heterocycles. The molecule has 3 aromatic rings. The first-order valence-electron chi connectivity index (χ1n) is 10.3. The minimum Gasteiger partial charge on any atom is -0.497 e. The summed E-state index contributed by atoms with van der Waals surface area (Å²) in [5, 5.41) is 22.7. The summed E-state index contributed by atoms with van der Waals surface area (Å²) in [7, 11) is 1.61. The molecule has 0 unspecified atom stereocenters. The van der Waals surface area contributed by atoms with Crippen LogP contribution in [0.3, 0.4) is 0 Å². The molecule has 0 saturated carbocycles. The summed E-state index contributed by atoms with van der Waals surface area (Å²) in [5.41, 5.74) is 1.69. The second-order valence-electron chi connectivity index (χ2n) is 7.36. The number of carbonyl (C=O) groups excluding carboxylic acids is 1. The second-order valence-corrected chi connectivity index (χ2v) is 8.74. The van der Waals surface area contributed by atoms with Crippen molar-refractivity contribution in [1.29, 1.82) is 5.26 Å². The number of tetrazole rings is 1. The SMILES string of the molecule is COc1ccc([C@@H](C#N)N2CCN(C(=O)CSc3nnnn3-c3ccc(Cl)cc3)CC2)cc1. The van der Waals surface area contributed by atoms with E-state index in [1.807, 2.05) is 41.3 Å². The first kappa shape index (κ1) is 23.0. The van der Waals surface area contributed by atoms with Crippen molar-refractivity contribution < 1.29 is 9.53 Å². The number of piperazine rings is 1. The van der Waals surface area contributed by atoms with E-state index in [9.17, 15) is 10.1 Å². The fourth-order valence-corrected chi connectivity index (χ4v) is 4.53. The molecule has 1 aromatic heterocycles. The molecule has 9 nitrogen and oxygen atoms in total. The van der Waals surface area contributed by atoms with Gasteiger partial charge in [-0.1, -0.05) is 35.5 Å². The van der Waals surface area contributed by atoms with Crippen molar-refractivity contribution in [3.05, 3.63) is 59.1 Å². The van der Waals surface area contributed by atoms with E-state index in [0.29, 0.717) is 36.4 Å². The molecule has 1 amide bonds. The minimum atomic E-state index is -0.355. The third-order valence-electron chi connectivity index (χ3n) is 5.42. The van der Waals surface area contributed by atoms with E-state index in [1.54, 1.807) is 23.9 Å². The predicted octanol–water partition coefficient (Wildman–Crippen LogP) is 2.83. The largest absolute Gasteiger partial charge is 0.497 e. The van der Waals surface area contributed by atoms with Gasteiger partial charge < -0.3 is 9.64 Å². The maximum Gasteiger partial charge on any atom is 0.233 e. The van der Waals surface area contributed by atoms with E-state index < -0.39 is 0 Å². The molecule has 0 radical (unpaired) electrons. The highest BCUT2D eigenvalue weighted by Gasteiger charge is 2.27.